The molecule has 118 valence electrons. The predicted octanol–water partition coefficient (Wildman–Crippen LogP) is 2.41. The number of urea groups is 1. The summed E-state index contributed by atoms with van der Waals surface area (Å²) < 4.78 is 0. The molecule has 0 aromatic heterocycles. The van der Waals surface area contributed by atoms with Crippen LogP contribution in [0.25, 0.3) is 0 Å². The highest BCUT2D eigenvalue weighted by atomic mass is 35.5. The number of carbonyl (C=O) groups excluding carboxylic acids is 2. The monoisotopic (exact) mass is 321 g/mol. The lowest BCUT2D eigenvalue weighted by Gasteiger charge is -2.32. The van der Waals surface area contributed by atoms with Gasteiger partial charge in [-0.3, -0.25) is 4.79 Å². The van der Waals surface area contributed by atoms with Crippen LogP contribution in [0.2, 0.25) is 5.02 Å². The van der Waals surface area contributed by atoms with Crippen LogP contribution in [0.15, 0.2) is 24.3 Å². The molecule has 0 bridgehead atoms. The molecular formula is C16H20ClN3O2. The first-order valence-electron chi connectivity index (χ1n) is 7.74. The van der Waals surface area contributed by atoms with E-state index in [1.54, 1.807) is 24.3 Å². The van der Waals surface area contributed by atoms with Crippen LogP contribution in [0.5, 0.6) is 0 Å². The van der Waals surface area contributed by atoms with Crippen LogP contribution in [0, 0.1) is 0 Å². The predicted molar refractivity (Wildman–Crippen MR) is 85.1 cm³/mol. The Morgan fingerprint density at radius 3 is 2.27 bits per heavy atom. The summed E-state index contributed by atoms with van der Waals surface area (Å²) in [5, 5.41) is 6.48. The van der Waals surface area contributed by atoms with Gasteiger partial charge in [0.25, 0.3) is 5.91 Å². The summed E-state index contributed by atoms with van der Waals surface area (Å²) in [6.45, 7) is 1.31. The van der Waals surface area contributed by atoms with Crippen molar-refractivity contribution in [2.24, 2.45) is 0 Å². The van der Waals surface area contributed by atoms with Gasteiger partial charge in [0.2, 0.25) is 0 Å². The standard InChI is InChI=1S/C16H20ClN3O2/c17-12-3-1-2-11(10-12)15(21)20-8-6-14(7-9-20)19-16(22)18-13-4-5-13/h1-3,10,13-14H,4-9H2,(H2,18,19,22). The van der Waals surface area contributed by atoms with E-state index < -0.39 is 0 Å². The van der Waals surface area contributed by atoms with E-state index in [1.807, 2.05) is 4.90 Å². The van der Waals surface area contributed by atoms with Crippen molar-refractivity contribution >= 4 is 23.5 Å². The summed E-state index contributed by atoms with van der Waals surface area (Å²) >= 11 is 5.93. The minimum Gasteiger partial charge on any atom is -0.338 e. The summed E-state index contributed by atoms with van der Waals surface area (Å²) in [5.74, 6) is 0.00313. The smallest absolute Gasteiger partial charge is 0.315 e. The molecule has 3 rings (SSSR count). The number of benzene rings is 1. The van der Waals surface area contributed by atoms with Crippen molar-refractivity contribution in [2.45, 2.75) is 37.8 Å². The molecule has 1 saturated carbocycles. The number of rotatable bonds is 3. The molecule has 1 aliphatic heterocycles. The molecule has 1 aromatic carbocycles. The summed E-state index contributed by atoms with van der Waals surface area (Å²) in [5.41, 5.74) is 0.616. The molecule has 2 fully saturated rings. The van der Waals surface area contributed by atoms with Gasteiger partial charge in [0.1, 0.15) is 0 Å². The molecule has 0 radical (unpaired) electrons. The first-order valence-corrected chi connectivity index (χ1v) is 8.11. The van der Waals surface area contributed by atoms with Crippen LogP contribution >= 0.6 is 11.6 Å². The van der Waals surface area contributed by atoms with Crippen LogP contribution in [0.1, 0.15) is 36.0 Å². The highest BCUT2D eigenvalue weighted by molar-refractivity contribution is 6.30. The maximum absolute atomic E-state index is 12.4. The third kappa shape index (κ3) is 3.91. The molecule has 0 atom stereocenters. The number of nitrogens with one attached hydrogen (secondary N) is 2. The lowest BCUT2D eigenvalue weighted by atomic mass is 10.0. The zero-order chi connectivity index (χ0) is 15.5. The largest absolute Gasteiger partial charge is 0.338 e. The SMILES string of the molecule is O=C(NC1CC1)NC1CCN(C(=O)c2cccc(Cl)c2)CC1. The second-order valence-electron chi connectivity index (χ2n) is 5.97. The van der Waals surface area contributed by atoms with Crippen molar-refractivity contribution in [3.05, 3.63) is 34.9 Å². The average molecular weight is 322 g/mol. The summed E-state index contributed by atoms with van der Waals surface area (Å²) in [6.07, 6.45) is 3.73. The fourth-order valence-electron chi connectivity index (χ4n) is 2.67. The zero-order valence-corrected chi connectivity index (χ0v) is 13.1. The van der Waals surface area contributed by atoms with Crippen LogP contribution in [0.4, 0.5) is 4.79 Å². The second kappa shape index (κ2) is 6.57. The molecule has 1 heterocycles. The first kappa shape index (κ1) is 15.2. The topological polar surface area (TPSA) is 61.4 Å². The van der Waals surface area contributed by atoms with Gasteiger partial charge in [0.05, 0.1) is 0 Å². The average Bonchev–Trinajstić information content (AvgIpc) is 3.31. The van der Waals surface area contributed by atoms with Crippen molar-refractivity contribution in [3.8, 4) is 0 Å². The first-order chi connectivity index (χ1) is 10.6. The highest BCUT2D eigenvalue weighted by Crippen LogP contribution is 2.19. The van der Waals surface area contributed by atoms with E-state index in [9.17, 15) is 9.59 Å². The molecule has 0 unspecified atom stereocenters. The number of piperidine rings is 1. The number of hydrogen-bond donors (Lipinski definition) is 2. The van der Waals surface area contributed by atoms with Gasteiger partial charge >= 0.3 is 6.03 Å². The normalized spacial score (nSPS) is 18.9. The van der Waals surface area contributed by atoms with Crippen LogP contribution in [0.3, 0.4) is 0 Å². The van der Waals surface area contributed by atoms with E-state index in [0.717, 1.165) is 25.7 Å². The van der Waals surface area contributed by atoms with Gasteiger partial charge in [-0.15, -0.1) is 0 Å². The Morgan fingerprint density at radius 1 is 1.05 bits per heavy atom. The number of likely N-dealkylation sites (tertiary alicyclic amines) is 1. The van der Waals surface area contributed by atoms with Crippen molar-refractivity contribution in [1.29, 1.82) is 0 Å². The van der Waals surface area contributed by atoms with Gasteiger partial charge in [-0.25, -0.2) is 4.79 Å². The molecule has 1 saturated heterocycles. The van der Waals surface area contributed by atoms with Gasteiger partial charge in [0, 0.05) is 35.8 Å². The minimum atomic E-state index is -0.0814. The van der Waals surface area contributed by atoms with E-state index in [2.05, 4.69) is 10.6 Å². The molecule has 6 heteroatoms. The van der Waals surface area contributed by atoms with Gasteiger partial charge in [-0.2, -0.15) is 0 Å². The lowest BCUT2D eigenvalue weighted by Crippen LogP contribution is -2.49. The summed E-state index contributed by atoms with van der Waals surface area (Å²) in [7, 11) is 0. The van der Waals surface area contributed by atoms with Crippen molar-refractivity contribution in [2.75, 3.05) is 13.1 Å². The molecule has 3 amide bonds. The molecule has 22 heavy (non-hydrogen) atoms. The fraction of sp³-hybridized carbons (Fsp3) is 0.500. The van der Waals surface area contributed by atoms with Crippen molar-refractivity contribution in [1.82, 2.24) is 15.5 Å². The third-order valence-corrected chi connectivity index (χ3v) is 4.34. The van der Waals surface area contributed by atoms with Gasteiger partial charge < -0.3 is 15.5 Å². The minimum absolute atomic E-state index is 0.00313. The number of hydrogen-bond acceptors (Lipinski definition) is 2. The fourth-order valence-corrected chi connectivity index (χ4v) is 2.86. The molecule has 0 spiro atoms. The Hall–Kier alpha value is -1.75. The Morgan fingerprint density at radius 2 is 1.68 bits per heavy atom. The molecule has 2 N–H and O–H groups in total. The van der Waals surface area contributed by atoms with E-state index >= 15 is 0 Å². The van der Waals surface area contributed by atoms with Crippen LogP contribution in [-0.2, 0) is 0 Å². The summed E-state index contributed by atoms with van der Waals surface area (Å²) in [6, 6.07) is 7.44. The van der Waals surface area contributed by atoms with Gasteiger partial charge in [0.15, 0.2) is 0 Å². The number of amides is 3. The summed E-state index contributed by atoms with van der Waals surface area (Å²) in [4.78, 5) is 25.9. The zero-order valence-electron chi connectivity index (χ0n) is 12.3. The van der Waals surface area contributed by atoms with Crippen molar-refractivity contribution in [3.63, 3.8) is 0 Å². The Bertz CT molecular complexity index is 566. The molecule has 5 nitrogen and oxygen atoms in total. The maximum Gasteiger partial charge on any atom is 0.315 e. The van der Waals surface area contributed by atoms with Crippen LogP contribution in [-0.4, -0.2) is 42.0 Å². The molecule has 2 aliphatic rings. The number of nitrogens with zero attached hydrogens (tertiary/aromatic N) is 1. The lowest BCUT2D eigenvalue weighted by molar-refractivity contribution is 0.0708. The maximum atomic E-state index is 12.4. The van der Waals surface area contributed by atoms with E-state index in [-0.39, 0.29) is 18.0 Å². The second-order valence-corrected chi connectivity index (χ2v) is 6.41. The molecule has 1 aliphatic carbocycles. The number of carbonyl (C=O) groups is 2. The van der Waals surface area contributed by atoms with E-state index in [1.165, 1.54) is 0 Å². The quantitative estimate of drug-likeness (QED) is 0.898. The third-order valence-electron chi connectivity index (χ3n) is 4.10. The van der Waals surface area contributed by atoms with Gasteiger partial charge in [-0.05, 0) is 43.9 Å². The Kier molecular flexibility index (Phi) is 4.52. The van der Waals surface area contributed by atoms with Crippen molar-refractivity contribution < 1.29 is 9.59 Å². The molecule has 1 aromatic rings. The van der Waals surface area contributed by atoms with Gasteiger partial charge in [-0.1, -0.05) is 17.7 Å². The highest BCUT2D eigenvalue weighted by Gasteiger charge is 2.27. The van der Waals surface area contributed by atoms with Crippen LogP contribution < -0.4 is 10.6 Å². The van der Waals surface area contributed by atoms with E-state index in [0.29, 0.717) is 29.7 Å². The number of halogens is 1. The Labute approximate surface area is 135 Å². The Balaban J connectivity index is 1.48. The van der Waals surface area contributed by atoms with E-state index in [4.69, 9.17) is 11.6 Å². The molecular weight excluding hydrogens is 302 g/mol.